The minimum Gasteiger partial charge on any atom is -0.388 e. The van der Waals surface area contributed by atoms with Crippen LogP contribution < -0.4 is 5.32 Å². The molecule has 1 aliphatic rings. The fourth-order valence-electron chi connectivity index (χ4n) is 1.36. The van der Waals surface area contributed by atoms with Crippen LogP contribution in [0.25, 0.3) is 0 Å². The summed E-state index contributed by atoms with van der Waals surface area (Å²) in [7, 11) is 1.59. The van der Waals surface area contributed by atoms with E-state index in [4.69, 9.17) is 4.74 Å². The highest BCUT2D eigenvalue weighted by atomic mass is 16.6. The molecule has 0 aromatic rings. The lowest BCUT2D eigenvalue weighted by molar-refractivity contribution is -0.242. The Balaban J connectivity index is 2.65. The number of nitrogens with one attached hydrogen (secondary N) is 1. The second kappa shape index (κ2) is 3.68. The van der Waals surface area contributed by atoms with E-state index in [1.807, 2.05) is 0 Å². The van der Waals surface area contributed by atoms with Crippen LogP contribution in [0.15, 0.2) is 0 Å². The summed E-state index contributed by atoms with van der Waals surface area (Å²) < 4.78 is 4.96. The zero-order chi connectivity index (χ0) is 9.30. The number of aliphatic hydroxyl groups excluding tert-OH is 3. The van der Waals surface area contributed by atoms with Crippen molar-refractivity contribution in [2.75, 3.05) is 7.05 Å². The SMILES string of the molecule is CN[C@@H]1[C@@H](O)[C@@H](O)[C@@H](C)O[C@@H]1O. The fourth-order valence-corrected chi connectivity index (χ4v) is 1.36. The van der Waals surface area contributed by atoms with Crippen LogP contribution in [0.3, 0.4) is 0 Å². The molecular formula is C7H15NO4. The second-order valence-electron chi connectivity index (χ2n) is 3.03. The maximum atomic E-state index is 9.43. The molecule has 0 radical (unpaired) electrons. The number of ether oxygens (including phenoxy) is 1. The van der Waals surface area contributed by atoms with E-state index in [1.165, 1.54) is 0 Å². The van der Waals surface area contributed by atoms with Crippen molar-refractivity contribution in [3.8, 4) is 0 Å². The molecule has 1 fully saturated rings. The van der Waals surface area contributed by atoms with Crippen molar-refractivity contribution in [2.45, 2.75) is 37.6 Å². The molecule has 1 aliphatic heterocycles. The van der Waals surface area contributed by atoms with Crippen LogP contribution in [-0.2, 0) is 4.74 Å². The first-order valence-electron chi connectivity index (χ1n) is 3.95. The van der Waals surface area contributed by atoms with Crippen LogP contribution in [0, 0.1) is 0 Å². The van der Waals surface area contributed by atoms with E-state index in [9.17, 15) is 15.3 Å². The standard InChI is InChI=1S/C7H15NO4/c1-3-5(9)6(10)4(8-2)7(11)12-3/h3-11H,1-2H3/t3-,4-,5+,6-,7+/m1/s1. The predicted octanol–water partition coefficient (Wildman–Crippen LogP) is -1.97. The average molecular weight is 177 g/mol. The summed E-state index contributed by atoms with van der Waals surface area (Å²) >= 11 is 0. The summed E-state index contributed by atoms with van der Waals surface area (Å²) in [6.07, 6.45) is -3.55. The molecule has 0 aliphatic carbocycles. The van der Waals surface area contributed by atoms with E-state index in [-0.39, 0.29) is 0 Å². The molecule has 72 valence electrons. The molecular weight excluding hydrogens is 162 g/mol. The molecule has 5 heteroatoms. The number of hydrogen-bond acceptors (Lipinski definition) is 5. The third-order valence-electron chi connectivity index (χ3n) is 2.19. The van der Waals surface area contributed by atoms with E-state index in [0.717, 1.165) is 0 Å². The van der Waals surface area contributed by atoms with E-state index in [2.05, 4.69) is 5.32 Å². The van der Waals surface area contributed by atoms with Gasteiger partial charge in [0.2, 0.25) is 0 Å². The molecule has 0 aromatic heterocycles. The Kier molecular flexibility index (Phi) is 3.03. The molecule has 0 amide bonds. The van der Waals surface area contributed by atoms with Gasteiger partial charge in [-0.3, -0.25) is 0 Å². The van der Waals surface area contributed by atoms with Crippen molar-refractivity contribution in [1.29, 1.82) is 0 Å². The first kappa shape index (κ1) is 9.88. The highest BCUT2D eigenvalue weighted by Gasteiger charge is 2.40. The molecule has 5 atom stereocenters. The van der Waals surface area contributed by atoms with Crippen LogP contribution in [0.1, 0.15) is 6.92 Å². The maximum Gasteiger partial charge on any atom is 0.173 e. The van der Waals surface area contributed by atoms with Crippen molar-refractivity contribution in [3.05, 3.63) is 0 Å². The van der Waals surface area contributed by atoms with Crippen LogP contribution >= 0.6 is 0 Å². The topological polar surface area (TPSA) is 82.0 Å². The Morgan fingerprint density at radius 3 is 2.25 bits per heavy atom. The normalized spacial score (nSPS) is 49.2. The number of likely N-dealkylation sites (N-methyl/N-ethyl adjacent to an activating group) is 1. The zero-order valence-electron chi connectivity index (χ0n) is 7.14. The largest absolute Gasteiger partial charge is 0.388 e. The van der Waals surface area contributed by atoms with Crippen molar-refractivity contribution in [3.63, 3.8) is 0 Å². The summed E-state index contributed by atoms with van der Waals surface area (Å²) in [4.78, 5) is 0. The second-order valence-corrected chi connectivity index (χ2v) is 3.03. The third-order valence-corrected chi connectivity index (χ3v) is 2.19. The van der Waals surface area contributed by atoms with Gasteiger partial charge in [0.1, 0.15) is 12.2 Å². The summed E-state index contributed by atoms with van der Waals surface area (Å²) in [5.74, 6) is 0. The first-order chi connectivity index (χ1) is 5.57. The van der Waals surface area contributed by atoms with E-state index in [0.29, 0.717) is 0 Å². The van der Waals surface area contributed by atoms with Gasteiger partial charge in [0, 0.05) is 0 Å². The molecule has 0 spiro atoms. The molecule has 4 N–H and O–H groups in total. The zero-order valence-corrected chi connectivity index (χ0v) is 7.14. The van der Waals surface area contributed by atoms with Crippen LogP contribution in [0.5, 0.6) is 0 Å². The molecule has 0 unspecified atom stereocenters. The highest BCUT2D eigenvalue weighted by Crippen LogP contribution is 2.18. The Hall–Kier alpha value is -0.200. The van der Waals surface area contributed by atoms with Gasteiger partial charge in [0.25, 0.3) is 0 Å². The Bertz CT molecular complexity index is 154. The van der Waals surface area contributed by atoms with Gasteiger partial charge in [0.05, 0.1) is 12.1 Å². The van der Waals surface area contributed by atoms with Crippen molar-refractivity contribution in [2.24, 2.45) is 0 Å². The summed E-state index contributed by atoms with van der Waals surface area (Å²) in [5, 5.41) is 30.7. The quantitative estimate of drug-likeness (QED) is 0.373. The smallest absolute Gasteiger partial charge is 0.173 e. The minimum absolute atomic E-state index is 0.542. The molecule has 12 heavy (non-hydrogen) atoms. The summed E-state index contributed by atoms with van der Waals surface area (Å²) in [6, 6.07) is -0.629. The summed E-state index contributed by atoms with van der Waals surface area (Å²) in [6.45, 7) is 1.60. The first-order valence-corrected chi connectivity index (χ1v) is 3.95. The lowest BCUT2D eigenvalue weighted by Crippen LogP contribution is -2.61. The molecule has 0 bridgehead atoms. The van der Waals surface area contributed by atoms with Gasteiger partial charge in [-0.1, -0.05) is 0 Å². The van der Waals surface area contributed by atoms with Gasteiger partial charge in [-0.25, -0.2) is 0 Å². The number of rotatable bonds is 1. The molecule has 0 saturated carbocycles. The number of aliphatic hydroxyl groups is 3. The van der Waals surface area contributed by atoms with Gasteiger partial charge in [-0.2, -0.15) is 0 Å². The van der Waals surface area contributed by atoms with Gasteiger partial charge >= 0.3 is 0 Å². The molecule has 0 aromatic carbocycles. The highest BCUT2D eigenvalue weighted by molar-refractivity contribution is 4.90. The van der Waals surface area contributed by atoms with E-state index < -0.39 is 30.6 Å². The predicted molar refractivity (Wildman–Crippen MR) is 41.4 cm³/mol. The Labute approximate surface area is 71.0 Å². The van der Waals surface area contributed by atoms with Gasteiger partial charge < -0.3 is 25.4 Å². The van der Waals surface area contributed by atoms with E-state index in [1.54, 1.807) is 14.0 Å². The van der Waals surface area contributed by atoms with Crippen molar-refractivity contribution < 1.29 is 20.1 Å². The van der Waals surface area contributed by atoms with Gasteiger partial charge in [-0.05, 0) is 14.0 Å². The maximum absolute atomic E-state index is 9.43. The van der Waals surface area contributed by atoms with Crippen LogP contribution in [0.2, 0.25) is 0 Å². The van der Waals surface area contributed by atoms with Crippen LogP contribution in [0.4, 0.5) is 0 Å². The monoisotopic (exact) mass is 177 g/mol. The third kappa shape index (κ3) is 1.60. The molecule has 1 rings (SSSR count). The van der Waals surface area contributed by atoms with Gasteiger partial charge in [0.15, 0.2) is 6.29 Å². The lowest BCUT2D eigenvalue weighted by atomic mass is 9.98. The Morgan fingerprint density at radius 1 is 1.17 bits per heavy atom. The van der Waals surface area contributed by atoms with Crippen LogP contribution in [-0.4, -0.2) is 53.0 Å². The van der Waals surface area contributed by atoms with Crippen molar-refractivity contribution in [1.82, 2.24) is 5.32 Å². The molecule has 1 saturated heterocycles. The summed E-state index contributed by atoms with van der Waals surface area (Å²) in [5.41, 5.74) is 0. The average Bonchev–Trinajstić information content (AvgIpc) is 2.01. The minimum atomic E-state index is -1.07. The van der Waals surface area contributed by atoms with Crippen molar-refractivity contribution >= 4 is 0 Å². The Morgan fingerprint density at radius 2 is 1.75 bits per heavy atom. The van der Waals surface area contributed by atoms with E-state index >= 15 is 0 Å². The molecule has 5 nitrogen and oxygen atoms in total. The van der Waals surface area contributed by atoms with Gasteiger partial charge in [-0.15, -0.1) is 0 Å². The lowest BCUT2D eigenvalue weighted by Gasteiger charge is -2.39. The fraction of sp³-hybridized carbons (Fsp3) is 1.00. The number of hydrogen-bond donors (Lipinski definition) is 4. The molecule has 1 heterocycles.